The summed E-state index contributed by atoms with van der Waals surface area (Å²) < 4.78 is 24.1. The zero-order valence-corrected chi connectivity index (χ0v) is 15.1. The molecule has 0 radical (unpaired) electrons. The highest BCUT2D eigenvalue weighted by Crippen LogP contribution is 2.37. The maximum Gasteiger partial charge on any atom is 0.321 e. The molecule has 2 rings (SSSR count). The Labute approximate surface area is 151 Å². The lowest BCUT2D eigenvalue weighted by Gasteiger charge is -2.12. The minimum Gasteiger partial charge on any atom is -0.490 e. The Morgan fingerprint density at radius 2 is 2.04 bits per heavy atom. The predicted octanol–water partition coefficient (Wildman–Crippen LogP) is 4.56. The molecule has 7 heteroatoms. The van der Waals surface area contributed by atoms with Crippen molar-refractivity contribution in [3.8, 4) is 17.6 Å². The largest absolute Gasteiger partial charge is 0.490 e. The third-order valence-corrected chi connectivity index (χ3v) is 4.40. The summed E-state index contributed by atoms with van der Waals surface area (Å²) in [5.41, 5.74) is 0.394. The standard InChI is InChI=1S/C17H13BrFNO3S/c1-2-22-15-8-11(9-20)7-14(18)17(15)23-16(21)10-24-13-5-3-12(19)4-6-13/h3-8H,2,10H2,1H3. The Bertz CT molecular complexity index is 775. The van der Waals surface area contributed by atoms with Gasteiger partial charge in [-0.25, -0.2) is 4.39 Å². The van der Waals surface area contributed by atoms with E-state index in [2.05, 4.69) is 15.9 Å². The van der Waals surface area contributed by atoms with Crippen LogP contribution in [0, 0.1) is 17.1 Å². The van der Waals surface area contributed by atoms with Crippen molar-refractivity contribution in [1.29, 1.82) is 5.26 Å². The fraction of sp³-hybridized carbons (Fsp3) is 0.176. The van der Waals surface area contributed by atoms with Crippen LogP contribution in [0.3, 0.4) is 0 Å². The maximum absolute atomic E-state index is 12.9. The molecule has 0 heterocycles. The zero-order valence-electron chi connectivity index (χ0n) is 12.7. The maximum atomic E-state index is 12.9. The third kappa shape index (κ3) is 4.98. The average Bonchev–Trinajstić information content (AvgIpc) is 2.57. The van der Waals surface area contributed by atoms with E-state index in [4.69, 9.17) is 14.7 Å². The van der Waals surface area contributed by atoms with Crippen LogP contribution in [0.15, 0.2) is 45.8 Å². The Morgan fingerprint density at radius 1 is 1.33 bits per heavy atom. The smallest absolute Gasteiger partial charge is 0.321 e. The number of benzene rings is 2. The van der Waals surface area contributed by atoms with E-state index in [9.17, 15) is 9.18 Å². The summed E-state index contributed by atoms with van der Waals surface area (Å²) in [4.78, 5) is 12.8. The number of halogens is 2. The number of nitrogens with zero attached hydrogens (tertiary/aromatic N) is 1. The van der Waals surface area contributed by atoms with Gasteiger partial charge >= 0.3 is 5.97 Å². The summed E-state index contributed by atoms with van der Waals surface area (Å²) in [6, 6.07) is 10.9. The van der Waals surface area contributed by atoms with Gasteiger partial charge in [0.25, 0.3) is 0 Å². The number of rotatable bonds is 6. The van der Waals surface area contributed by atoms with Crippen molar-refractivity contribution in [2.24, 2.45) is 0 Å². The number of thioether (sulfide) groups is 1. The Kier molecular flexibility index (Phi) is 6.64. The highest BCUT2D eigenvalue weighted by Gasteiger charge is 2.16. The van der Waals surface area contributed by atoms with Gasteiger partial charge < -0.3 is 9.47 Å². The number of carbonyl (C=O) groups excluding carboxylic acids is 1. The monoisotopic (exact) mass is 409 g/mol. The van der Waals surface area contributed by atoms with Crippen LogP contribution in [-0.2, 0) is 4.79 Å². The van der Waals surface area contributed by atoms with Crippen molar-refractivity contribution in [3.05, 3.63) is 52.3 Å². The molecule has 2 aromatic rings. The quantitative estimate of drug-likeness (QED) is 0.397. The molecule has 0 bridgehead atoms. The van der Waals surface area contributed by atoms with Gasteiger partial charge in [0, 0.05) is 11.0 Å². The summed E-state index contributed by atoms with van der Waals surface area (Å²) in [5, 5.41) is 8.99. The molecule has 0 N–H and O–H groups in total. The van der Waals surface area contributed by atoms with Crippen LogP contribution < -0.4 is 9.47 Å². The number of ether oxygens (including phenoxy) is 2. The number of nitriles is 1. The van der Waals surface area contributed by atoms with Crippen molar-refractivity contribution in [3.63, 3.8) is 0 Å². The molecule has 0 amide bonds. The lowest BCUT2D eigenvalue weighted by molar-refractivity contribution is -0.131. The second kappa shape index (κ2) is 8.71. The molecule has 0 spiro atoms. The molecular formula is C17H13BrFNO3S. The van der Waals surface area contributed by atoms with E-state index in [1.807, 2.05) is 6.07 Å². The predicted molar refractivity (Wildman–Crippen MR) is 92.8 cm³/mol. The second-order valence-electron chi connectivity index (χ2n) is 4.55. The first-order valence-corrected chi connectivity index (χ1v) is 8.76. The van der Waals surface area contributed by atoms with Crippen LogP contribution in [0.5, 0.6) is 11.5 Å². The number of hydrogen-bond acceptors (Lipinski definition) is 5. The first-order chi connectivity index (χ1) is 11.5. The molecule has 2 aromatic carbocycles. The molecule has 0 unspecified atom stereocenters. The van der Waals surface area contributed by atoms with E-state index in [0.29, 0.717) is 22.4 Å². The summed E-state index contributed by atoms with van der Waals surface area (Å²) >= 11 is 4.52. The normalized spacial score (nSPS) is 10.1. The molecule has 0 saturated carbocycles. The molecule has 0 saturated heterocycles. The highest BCUT2D eigenvalue weighted by atomic mass is 79.9. The van der Waals surface area contributed by atoms with Crippen LogP contribution in [0.25, 0.3) is 0 Å². The molecule has 0 aliphatic rings. The van der Waals surface area contributed by atoms with Gasteiger partial charge in [-0.05, 0) is 53.2 Å². The average molecular weight is 410 g/mol. The Morgan fingerprint density at radius 3 is 2.67 bits per heavy atom. The number of carbonyl (C=O) groups is 1. The van der Waals surface area contributed by atoms with Crippen molar-refractivity contribution in [2.75, 3.05) is 12.4 Å². The Hall–Kier alpha value is -2.04. The first-order valence-electron chi connectivity index (χ1n) is 6.99. The molecule has 0 aliphatic carbocycles. The summed E-state index contributed by atoms with van der Waals surface area (Å²) in [6.07, 6.45) is 0. The van der Waals surface area contributed by atoms with Crippen molar-refractivity contribution >= 4 is 33.7 Å². The van der Waals surface area contributed by atoms with Gasteiger partial charge in [-0.1, -0.05) is 0 Å². The first kappa shape index (κ1) is 18.3. The summed E-state index contributed by atoms with van der Waals surface area (Å²) in [7, 11) is 0. The summed E-state index contributed by atoms with van der Waals surface area (Å²) in [6.45, 7) is 2.17. The van der Waals surface area contributed by atoms with E-state index in [0.717, 1.165) is 4.90 Å². The van der Waals surface area contributed by atoms with Crippen LogP contribution in [0.4, 0.5) is 4.39 Å². The van der Waals surface area contributed by atoms with Crippen LogP contribution in [0.1, 0.15) is 12.5 Å². The number of hydrogen-bond donors (Lipinski definition) is 0. The van der Waals surface area contributed by atoms with Gasteiger partial charge in [0.2, 0.25) is 0 Å². The van der Waals surface area contributed by atoms with Gasteiger partial charge in [0.1, 0.15) is 5.82 Å². The molecular weight excluding hydrogens is 397 g/mol. The van der Waals surface area contributed by atoms with Gasteiger partial charge in [0.15, 0.2) is 11.5 Å². The van der Waals surface area contributed by atoms with Gasteiger partial charge in [-0.15, -0.1) is 11.8 Å². The lowest BCUT2D eigenvalue weighted by atomic mass is 10.2. The molecule has 24 heavy (non-hydrogen) atoms. The van der Waals surface area contributed by atoms with Crippen molar-refractivity contribution in [1.82, 2.24) is 0 Å². The van der Waals surface area contributed by atoms with E-state index >= 15 is 0 Å². The van der Waals surface area contributed by atoms with Gasteiger partial charge in [-0.3, -0.25) is 4.79 Å². The fourth-order valence-electron chi connectivity index (χ4n) is 1.81. The van der Waals surface area contributed by atoms with Crippen LogP contribution in [-0.4, -0.2) is 18.3 Å². The minimum atomic E-state index is -0.476. The van der Waals surface area contributed by atoms with E-state index in [1.165, 1.54) is 30.0 Å². The Balaban J connectivity index is 2.07. The lowest BCUT2D eigenvalue weighted by Crippen LogP contribution is -2.12. The van der Waals surface area contributed by atoms with Gasteiger partial charge in [-0.2, -0.15) is 5.26 Å². The highest BCUT2D eigenvalue weighted by molar-refractivity contribution is 9.10. The molecule has 0 aromatic heterocycles. The summed E-state index contributed by atoms with van der Waals surface area (Å²) in [5.74, 6) is -0.187. The minimum absolute atomic E-state index is 0.0592. The third-order valence-electron chi connectivity index (χ3n) is 2.82. The van der Waals surface area contributed by atoms with Crippen molar-refractivity contribution in [2.45, 2.75) is 11.8 Å². The molecule has 0 atom stereocenters. The van der Waals surface area contributed by atoms with Gasteiger partial charge in [0.05, 0.1) is 28.5 Å². The van der Waals surface area contributed by atoms with Crippen molar-refractivity contribution < 1.29 is 18.7 Å². The SMILES string of the molecule is CCOc1cc(C#N)cc(Br)c1OC(=O)CSc1ccc(F)cc1. The molecule has 4 nitrogen and oxygen atoms in total. The topological polar surface area (TPSA) is 59.3 Å². The van der Waals surface area contributed by atoms with E-state index in [-0.39, 0.29) is 17.3 Å². The zero-order chi connectivity index (χ0) is 17.5. The molecule has 124 valence electrons. The second-order valence-corrected chi connectivity index (χ2v) is 6.45. The van der Waals surface area contributed by atoms with Crippen LogP contribution >= 0.6 is 27.7 Å². The van der Waals surface area contributed by atoms with E-state index in [1.54, 1.807) is 25.1 Å². The van der Waals surface area contributed by atoms with Crippen LogP contribution in [0.2, 0.25) is 0 Å². The molecule has 0 fully saturated rings. The van der Waals surface area contributed by atoms with E-state index < -0.39 is 5.97 Å². The number of esters is 1. The fourth-order valence-corrected chi connectivity index (χ4v) is 3.01. The molecule has 0 aliphatic heterocycles.